The Bertz CT molecular complexity index is 1250. The number of carbonyl (C=O) groups excluding carboxylic acids is 1. The monoisotopic (exact) mass is 465 g/mol. The summed E-state index contributed by atoms with van der Waals surface area (Å²) in [6.45, 7) is 2.07. The normalized spacial score (nSPS) is 13.2. The van der Waals surface area contributed by atoms with Crippen LogP contribution in [0.2, 0.25) is 0 Å². The average Bonchev–Trinajstić information content (AvgIpc) is 2.91. The van der Waals surface area contributed by atoms with Crippen molar-refractivity contribution >= 4 is 23.2 Å². The van der Waals surface area contributed by atoms with Crippen LogP contribution in [0, 0.1) is 0 Å². The van der Waals surface area contributed by atoms with Crippen LogP contribution in [0.25, 0.3) is 11.3 Å². The summed E-state index contributed by atoms with van der Waals surface area (Å²) in [6.07, 6.45) is 3.68. The fraction of sp³-hybridized carbons (Fsp3) is 0.179. The van der Waals surface area contributed by atoms with E-state index in [1.54, 1.807) is 12.1 Å². The molecule has 0 bridgehead atoms. The second kappa shape index (κ2) is 10.7. The van der Waals surface area contributed by atoms with Gasteiger partial charge >= 0.3 is 6.03 Å². The number of hydrogen-bond donors (Lipinski definition) is 2. The Morgan fingerprint density at radius 1 is 0.714 bits per heavy atom. The third-order valence-corrected chi connectivity index (χ3v) is 5.84. The van der Waals surface area contributed by atoms with Crippen LogP contribution in [-0.4, -0.2) is 29.3 Å². The minimum absolute atomic E-state index is 0.328. The Morgan fingerprint density at radius 2 is 1.46 bits per heavy atom. The molecule has 1 aromatic heterocycles. The van der Waals surface area contributed by atoms with Gasteiger partial charge in [0.1, 0.15) is 11.5 Å². The fourth-order valence-electron chi connectivity index (χ4n) is 4.05. The molecule has 2 heterocycles. The molecule has 0 aliphatic carbocycles. The molecule has 0 atom stereocenters. The molecule has 0 spiro atoms. The lowest BCUT2D eigenvalue weighted by Gasteiger charge is -2.27. The molecule has 1 saturated heterocycles. The Morgan fingerprint density at radius 3 is 2.20 bits per heavy atom. The van der Waals surface area contributed by atoms with Gasteiger partial charge in [0.2, 0.25) is 0 Å². The van der Waals surface area contributed by atoms with E-state index in [1.807, 2.05) is 78.9 Å². The van der Waals surface area contributed by atoms with Crippen LogP contribution in [0.4, 0.5) is 22.0 Å². The molecule has 7 heteroatoms. The molecule has 176 valence electrons. The largest absolute Gasteiger partial charge is 0.457 e. The van der Waals surface area contributed by atoms with E-state index in [0.717, 1.165) is 35.9 Å². The molecule has 0 saturated carbocycles. The van der Waals surface area contributed by atoms with E-state index in [1.165, 1.54) is 19.3 Å². The molecule has 1 fully saturated rings. The maximum absolute atomic E-state index is 12.5. The highest BCUT2D eigenvalue weighted by Gasteiger charge is 2.13. The molecule has 35 heavy (non-hydrogen) atoms. The van der Waals surface area contributed by atoms with Crippen molar-refractivity contribution in [3.8, 4) is 22.8 Å². The number of ether oxygens (including phenoxy) is 1. The van der Waals surface area contributed by atoms with Gasteiger partial charge in [0, 0.05) is 30.0 Å². The number of piperidine rings is 1. The van der Waals surface area contributed by atoms with Crippen LogP contribution in [0.15, 0.2) is 91.0 Å². The maximum atomic E-state index is 12.5. The van der Waals surface area contributed by atoms with Crippen molar-refractivity contribution in [1.82, 2.24) is 10.2 Å². The van der Waals surface area contributed by atoms with Gasteiger partial charge in [-0.15, -0.1) is 10.2 Å². The van der Waals surface area contributed by atoms with E-state index >= 15 is 0 Å². The van der Waals surface area contributed by atoms with Gasteiger partial charge in [0.05, 0.1) is 5.69 Å². The van der Waals surface area contributed by atoms with Gasteiger partial charge in [0.25, 0.3) is 0 Å². The molecule has 7 nitrogen and oxygen atoms in total. The predicted molar refractivity (Wildman–Crippen MR) is 139 cm³/mol. The molecule has 0 unspecified atom stereocenters. The molecular weight excluding hydrogens is 438 g/mol. The number of anilines is 3. The number of hydrogen-bond acceptors (Lipinski definition) is 5. The summed E-state index contributed by atoms with van der Waals surface area (Å²) < 4.78 is 5.79. The van der Waals surface area contributed by atoms with Gasteiger partial charge in [-0.2, -0.15) is 0 Å². The fourth-order valence-corrected chi connectivity index (χ4v) is 4.05. The van der Waals surface area contributed by atoms with Crippen molar-refractivity contribution in [2.45, 2.75) is 19.3 Å². The minimum Gasteiger partial charge on any atom is -0.457 e. The highest BCUT2D eigenvalue weighted by molar-refractivity contribution is 6.00. The van der Waals surface area contributed by atoms with E-state index in [2.05, 4.69) is 25.7 Å². The smallest absolute Gasteiger partial charge is 0.323 e. The van der Waals surface area contributed by atoms with Gasteiger partial charge < -0.3 is 20.3 Å². The topological polar surface area (TPSA) is 79.4 Å². The van der Waals surface area contributed by atoms with Crippen LogP contribution in [0.1, 0.15) is 19.3 Å². The third kappa shape index (κ3) is 5.95. The summed E-state index contributed by atoms with van der Waals surface area (Å²) in [4.78, 5) is 14.8. The molecule has 5 rings (SSSR count). The second-order valence-corrected chi connectivity index (χ2v) is 8.42. The lowest BCUT2D eigenvalue weighted by Crippen LogP contribution is -2.30. The zero-order valence-electron chi connectivity index (χ0n) is 19.4. The van der Waals surface area contributed by atoms with E-state index in [-0.39, 0.29) is 6.03 Å². The molecule has 0 radical (unpaired) electrons. The first kappa shape index (κ1) is 22.4. The third-order valence-electron chi connectivity index (χ3n) is 5.84. The van der Waals surface area contributed by atoms with E-state index in [0.29, 0.717) is 17.1 Å². The molecular formula is C28H27N5O2. The Hall–Kier alpha value is -4.39. The van der Waals surface area contributed by atoms with Gasteiger partial charge in [-0.05, 0) is 79.9 Å². The minimum atomic E-state index is -0.328. The van der Waals surface area contributed by atoms with Crippen LogP contribution in [-0.2, 0) is 0 Å². The summed E-state index contributed by atoms with van der Waals surface area (Å²) in [7, 11) is 0. The average molecular weight is 466 g/mol. The quantitative estimate of drug-likeness (QED) is 0.337. The van der Waals surface area contributed by atoms with Crippen LogP contribution in [0.3, 0.4) is 0 Å². The van der Waals surface area contributed by atoms with Crippen molar-refractivity contribution in [3.05, 3.63) is 91.0 Å². The number of rotatable bonds is 6. The summed E-state index contributed by atoms with van der Waals surface area (Å²) in [5.41, 5.74) is 3.00. The van der Waals surface area contributed by atoms with Gasteiger partial charge in [-0.25, -0.2) is 4.79 Å². The number of carbonyl (C=O) groups is 1. The van der Waals surface area contributed by atoms with Crippen molar-refractivity contribution in [3.63, 3.8) is 0 Å². The molecule has 2 amide bonds. The van der Waals surface area contributed by atoms with Crippen LogP contribution >= 0.6 is 0 Å². The first-order chi connectivity index (χ1) is 17.2. The number of nitrogens with zero attached hydrogens (tertiary/aromatic N) is 3. The molecule has 4 aromatic rings. The Labute approximate surface area is 204 Å². The summed E-state index contributed by atoms with van der Waals surface area (Å²) in [5.74, 6) is 2.38. The lowest BCUT2D eigenvalue weighted by atomic mass is 10.1. The number of amides is 2. The predicted octanol–water partition coefficient (Wildman–Crippen LogP) is 6.57. The standard InChI is InChI=1S/C28H27N5O2/c34-28(29-22-12-14-25(15-13-22)35-24-10-3-1-4-11-24)30-23-9-7-8-21(20-23)26-16-17-27(32-31-26)33-18-5-2-6-19-33/h1,3-4,7-17,20H,2,5-6,18-19H2,(H2,29,30,34). The Balaban J connectivity index is 1.19. The first-order valence-electron chi connectivity index (χ1n) is 11.8. The van der Waals surface area contributed by atoms with Gasteiger partial charge in [-0.1, -0.05) is 30.3 Å². The number of benzene rings is 3. The van der Waals surface area contributed by atoms with E-state index < -0.39 is 0 Å². The highest BCUT2D eigenvalue weighted by atomic mass is 16.5. The summed E-state index contributed by atoms with van der Waals surface area (Å²) in [6, 6.07) is 28.0. The zero-order chi connectivity index (χ0) is 23.9. The van der Waals surface area contributed by atoms with Crippen molar-refractivity contribution in [1.29, 1.82) is 0 Å². The Kier molecular flexibility index (Phi) is 6.84. The molecule has 3 aromatic carbocycles. The van der Waals surface area contributed by atoms with E-state index in [4.69, 9.17) is 4.74 Å². The van der Waals surface area contributed by atoms with Gasteiger partial charge in [-0.3, -0.25) is 0 Å². The zero-order valence-corrected chi connectivity index (χ0v) is 19.4. The number of para-hydroxylation sites is 1. The van der Waals surface area contributed by atoms with Crippen molar-refractivity contribution < 1.29 is 9.53 Å². The summed E-state index contributed by atoms with van der Waals surface area (Å²) in [5, 5.41) is 14.6. The SMILES string of the molecule is O=C(Nc1ccc(Oc2ccccc2)cc1)Nc1cccc(-c2ccc(N3CCCCC3)nn2)c1. The summed E-state index contributed by atoms with van der Waals surface area (Å²) >= 11 is 0. The molecule has 1 aliphatic rings. The van der Waals surface area contributed by atoms with Crippen molar-refractivity contribution in [2.75, 3.05) is 28.6 Å². The molecule has 1 aliphatic heterocycles. The number of aromatic nitrogens is 2. The van der Waals surface area contributed by atoms with E-state index in [9.17, 15) is 4.79 Å². The van der Waals surface area contributed by atoms with Crippen LogP contribution in [0.5, 0.6) is 11.5 Å². The molecule has 2 N–H and O–H groups in total. The number of nitrogens with one attached hydrogen (secondary N) is 2. The first-order valence-corrected chi connectivity index (χ1v) is 11.8. The maximum Gasteiger partial charge on any atom is 0.323 e. The van der Waals surface area contributed by atoms with Crippen LogP contribution < -0.4 is 20.3 Å². The van der Waals surface area contributed by atoms with Crippen molar-refractivity contribution in [2.24, 2.45) is 0 Å². The lowest BCUT2D eigenvalue weighted by molar-refractivity contribution is 0.262. The number of urea groups is 1. The van der Waals surface area contributed by atoms with Gasteiger partial charge in [0.15, 0.2) is 5.82 Å². The highest BCUT2D eigenvalue weighted by Crippen LogP contribution is 2.25. The second-order valence-electron chi connectivity index (χ2n) is 8.42.